The average Bonchev–Trinajstić information content (AvgIpc) is 2.27. The molecule has 2 rings (SSSR count). The number of nitriles is 1. The summed E-state index contributed by atoms with van der Waals surface area (Å²) in [5, 5.41) is 9.84. The van der Waals surface area contributed by atoms with Gasteiger partial charge in [-0.25, -0.2) is 4.98 Å². The molecule has 4 heteroatoms. The molecule has 0 saturated heterocycles. The molecule has 0 atom stereocenters. The van der Waals surface area contributed by atoms with Gasteiger partial charge in [0.15, 0.2) is 0 Å². The van der Waals surface area contributed by atoms with Gasteiger partial charge < -0.3 is 4.74 Å². The summed E-state index contributed by atoms with van der Waals surface area (Å²) in [6.07, 6.45) is 0. The molecular weight excluding hydrogens is 212 g/mol. The predicted octanol–water partition coefficient (Wildman–Crippen LogP) is 2.77. The Bertz CT molecular complexity index is 560. The largest absolute Gasteiger partial charge is 0.494 e. The Hall–Kier alpha value is -1.79. The molecule has 1 aromatic carbocycles. The van der Waals surface area contributed by atoms with Crippen molar-refractivity contribution in [3.8, 4) is 11.8 Å². The number of benzene rings is 1. The third-order valence-electron chi connectivity index (χ3n) is 2.10. The van der Waals surface area contributed by atoms with E-state index in [9.17, 15) is 0 Å². The lowest BCUT2D eigenvalue weighted by Crippen LogP contribution is -1.90. The lowest BCUT2D eigenvalue weighted by molar-refractivity contribution is 0.419. The van der Waals surface area contributed by atoms with E-state index in [4.69, 9.17) is 21.6 Å². The molecule has 1 aromatic heterocycles. The molecule has 1 heterocycles. The minimum atomic E-state index is 0.203. The normalized spacial score (nSPS) is 9.93. The smallest absolute Gasteiger partial charge is 0.147 e. The average molecular weight is 219 g/mol. The van der Waals surface area contributed by atoms with E-state index < -0.39 is 0 Å². The fourth-order valence-corrected chi connectivity index (χ4v) is 1.57. The van der Waals surface area contributed by atoms with Crippen LogP contribution in [0.3, 0.4) is 0 Å². The second-order valence-corrected chi connectivity index (χ2v) is 3.33. The molecule has 0 fully saturated rings. The molecule has 3 nitrogen and oxygen atoms in total. The van der Waals surface area contributed by atoms with Gasteiger partial charge in [-0.2, -0.15) is 5.26 Å². The SMILES string of the molecule is COc1cccc2cc(C#N)c(Cl)nc12. The summed E-state index contributed by atoms with van der Waals surface area (Å²) >= 11 is 5.84. The van der Waals surface area contributed by atoms with E-state index in [1.807, 2.05) is 18.2 Å². The van der Waals surface area contributed by atoms with E-state index in [-0.39, 0.29) is 5.15 Å². The molecule has 0 amide bonds. The van der Waals surface area contributed by atoms with Crippen LogP contribution in [0.4, 0.5) is 0 Å². The van der Waals surface area contributed by atoms with Crippen LogP contribution in [-0.4, -0.2) is 12.1 Å². The molecule has 0 radical (unpaired) electrons. The number of ether oxygens (including phenoxy) is 1. The van der Waals surface area contributed by atoms with Crippen LogP contribution >= 0.6 is 11.6 Å². The molecule has 0 bridgehead atoms. The number of aromatic nitrogens is 1. The van der Waals surface area contributed by atoms with Crippen molar-refractivity contribution in [3.05, 3.63) is 35.0 Å². The van der Waals surface area contributed by atoms with E-state index in [1.165, 1.54) is 0 Å². The fraction of sp³-hybridized carbons (Fsp3) is 0.0909. The maximum atomic E-state index is 8.80. The van der Waals surface area contributed by atoms with E-state index in [0.29, 0.717) is 16.8 Å². The number of pyridine rings is 1. The lowest BCUT2D eigenvalue weighted by Gasteiger charge is -2.05. The maximum absolute atomic E-state index is 8.80. The Kier molecular flexibility index (Phi) is 2.44. The highest BCUT2D eigenvalue weighted by molar-refractivity contribution is 6.31. The minimum absolute atomic E-state index is 0.203. The number of para-hydroxylation sites is 1. The first kappa shape index (κ1) is 9.75. The van der Waals surface area contributed by atoms with Gasteiger partial charge in [-0.1, -0.05) is 23.7 Å². The minimum Gasteiger partial charge on any atom is -0.494 e. The van der Waals surface area contributed by atoms with Crippen LogP contribution < -0.4 is 4.74 Å². The Balaban J connectivity index is 2.82. The standard InChI is InChI=1S/C11H7ClN2O/c1-15-9-4-2-3-7-5-8(6-13)11(12)14-10(7)9/h2-5H,1H3. The van der Waals surface area contributed by atoms with Crippen molar-refractivity contribution in [2.24, 2.45) is 0 Å². The van der Waals surface area contributed by atoms with Crippen LogP contribution in [0, 0.1) is 11.3 Å². The van der Waals surface area contributed by atoms with Crippen LogP contribution in [0.25, 0.3) is 10.9 Å². The Labute approximate surface area is 91.9 Å². The van der Waals surface area contributed by atoms with Crippen LogP contribution in [0.15, 0.2) is 24.3 Å². The van der Waals surface area contributed by atoms with Crippen molar-refractivity contribution in [2.45, 2.75) is 0 Å². The summed E-state index contributed by atoms with van der Waals surface area (Å²) in [7, 11) is 1.57. The molecule has 0 unspecified atom stereocenters. The molecule has 0 spiro atoms. The molecular formula is C11H7ClN2O. The van der Waals surface area contributed by atoms with E-state index >= 15 is 0 Å². The second-order valence-electron chi connectivity index (χ2n) is 2.97. The molecule has 15 heavy (non-hydrogen) atoms. The Morgan fingerprint density at radius 3 is 2.93 bits per heavy atom. The van der Waals surface area contributed by atoms with E-state index in [0.717, 1.165) is 5.39 Å². The number of halogens is 1. The molecule has 2 aromatic rings. The fourth-order valence-electron chi connectivity index (χ4n) is 1.39. The van der Waals surface area contributed by atoms with Crippen LogP contribution in [-0.2, 0) is 0 Å². The number of nitrogens with zero attached hydrogens (tertiary/aromatic N) is 2. The van der Waals surface area contributed by atoms with Crippen molar-refractivity contribution in [1.82, 2.24) is 4.98 Å². The van der Waals surface area contributed by atoms with Gasteiger partial charge in [0.1, 0.15) is 22.5 Å². The molecule has 0 saturated carbocycles. The first-order valence-electron chi connectivity index (χ1n) is 4.29. The van der Waals surface area contributed by atoms with Gasteiger partial charge in [-0.05, 0) is 12.1 Å². The predicted molar refractivity (Wildman–Crippen MR) is 58.0 cm³/mol. The van der Waals surface area contributed by atoms with Gasteiger partial charge >= 0.3 is 0 Å². The second kappa shape index (κ2) is 3.76. The molecule has 0 aliphatic rings. The van der Waals surface area contributed by atoms with Gasteiger partial charge in [0, 0.05) is 5.39 Å². The maximum Gasteiger partial charge on any atom is 0.147 e. The van der Waals surface area contributed by atoms with E-state index in [2.05, 4.69) is 4.98 Å². The van der Waals surface area contributed by atoms with E-state index in [1.54, 1.807) is 19.2 Å². The van der Waals surface area contributed by atoms with Crippen molar-refractivity contribution < 1.29 is 4.74 Å². The number of hydrogen-bond acceptors (Lipinski definition) is 3. The number of rotatable bonds is 1. The van der Waals surface area contributed by atoms with Crippen molar-refractivity contribution in [3.63, 3.8) is 0 Å². The molecule has 0 aliphatic carbocycles. The number of methoxy groups -OCH3 is 1. The van der Waals surface area contributed by atoms with Gasteiger partial charge in [0.2, 0.25) is 0 Å². The lowest BCUT2D eigenvalue weighted by atomic mass is 10.1. The summed E-state index contributed by atoms with van der Waals surface area (Å²) in [4.78, 5) is 4.14. The summed E-state index contributed by atoms with van der Waals surface area (Å²) in [5.74, 6) is 0.652. The first-order chi connectivity index (χ1) is 7.26. The molecule has 74 valence electrons. The topological polar surface area (TPSA) is 45.9 Å². The van der Waals surface area contributed by atoms with Gasteiger partial charge in [0.05, 0.1) is 12.7 Å². The van der Waals surface area contributed by atoms with Gasteiger partial charge in [-0.3, -0.25) is 0 Å². The highest BCUT2D eigenvalue weighted by Crippen LogP contribution is 2.26. The Morgan fingerprint density at radius 2 is 2.27 bits per heavy atom. The van der Waals surface area contributed by atoms with Crippen molar-refractivity contribution in [1.29, 1.82) is 5.26 Å². The number of fused-ring (bicyclic) bond motifs is 1. The monoisotopic (exact) mass is 218 g/mol. The Morgan fingerprint density at radius 1 is 1.47 bits per heavy atom. The summed E-state index contributed by atoms with van der Waals surface area (Å²) in [6, 6.07) is 9.20. The first-order valence-corrected chi connectivity index (χ1v) is 4.67. The zero-order chi connectivity index (χ0) is 10.8. The third kappa shape index (κ3) is 1.60. The highest BCUT2D eigenvalue weighted by atomic mass is 35.5. The number of hydrogen-bond donors (Lipinski definition) is 0. The van der Waals surface area contributed by atoms with Crippen LogP contribution in [0.5, 0.6) is 5.75 Å². The summed E-state index contributed by atoms with van der Waals surface area (Å²) in [6.45, 7) is 0. The van der Waals surface area contributed by atoms with Gasteiger partial charge in [0.25, 0.3) is 0 Å². The van der Waals surface area contributed by atoms with Crippen molar-refractivity contribution in [2.75, 3.05) is 7.11 Å². The molecule has 0 N–H and O–H groups in total. The zero-order valence-electron chi connectivity index (χ0n) is 7.99. The van der Waals surface area contributed by atoms with Crippen LogP contribution in [0.2, 0.25) is 5.15 Å². The summed E-state index contributed by atoms with van der Waals surface area (Å²) in [5.41, 5.74) is 1.04. The highest BCUT2D eigenvalue weighted by Gasteiger charge is 2.07. The van der Waals surface area contributed by atoms with Gasteiger partial charge in [-0.15, -0.1) is 0 Å². The summed E-state index contributed by atoms with van der Waals surface area (Å²) < 4.78 is 5.15. The third-order valence-corrected chi connectivity index (χ3v) is 2.39. The molecule has 0 aliphatic heterocycles. The van der Waals surface area contributed by atoms with Crippen LogP contribution in [0.1, 0.15) is 5.56 Å². The zero-order valence-corrected chi connectivity index (χ0v) is 8.75. The van der Waals surface area contributed by atoms with Crippen molar-refractivity contribution >= 4 is 22.5 Å². The quantitative estimate of drug-likeness (QED) is 0.692.